The third-order valence-corrected chi connectivity index (χ3v) is 6.26. The van der Waals surface area contributed by atoms with Crippen molar-refractivity contribution in [3.63, 3.8) is 0 Å². The molecule has 0 fully saturated rings. The van der Waals surface area contributed by atoms with Gasteiger partial charge < -0.3 is 19.9 Å². The van der Waals surface area contributed by atoms with Gasteiger partial charge in [-0.2, -0.15) is 0 Å². The topological polar surface area (TPSA) is 81.8 Å². The molecule has 1 atom stereocenters. The lowest BCUT2D eigenvalue weighted by atomic mass is 9.78. The van der Waals surface area contributed by atoms with Crippen LogP contribution in [0.15, 0.2) is 12.1 Å². The van der Waals surface area contributed by atoms with E-state index in [-0.39, 0.29) is 29.8 Å². The largest absolute Gasteiger partial charge is 0.507 e. The molecule has 1 aromatic carbocycles. The lowest BCUT2D eigenvalue weighted by Crippen LogP contribution is -2.21. The van der Waals surface area contributed by atoms with E-state index in [4.69, 9.17) is 14.8 Å². The minimum Gasteiger partial charge on any atom is -0.507 e. The smallest absolute Gasteiger partial charge is 0.351 e. The summed E-state index contributed by atoms with van der Waals surface area (Å²) in [5.41, 5.74) is 7.93. The monoisotopic (exact) mass is 371 g/mol. The summed E-state index contributed by atoms with van der Waals surface area (Å²) in [5.74, 6) is -0.645. The molecule has 0 aliphatic rings. The highest BCUT2D eigenvalue weighted by Crippen LogP contribution is 2.59. The minimum atomic E-state index is -3.50. The first-order valence-corrected chi connectivity index (χ1v) is 10.4. The molecule has 3 N–H and O–H groups in total. The first kappa shape index (κ1) is 22.2. The molecular formula is C19H34NO4P. The van der Waals surface area contributed by atoms with Crippen molar-refractivity contribution in [1.29, 1.82) is 0 Å². The second-order valence-electron chi connectivity index (χ2n) is 8.28. The Bertz CT molecular complexity index is 599. The van der Waals surface area contributed by atoms with Crippen LogP contribution < -0.4 is 5.73 Å². The van der Waals surface area contributed by atoms with Gasteiger partial charge in [0.1, 0.15) is 11.5 Å². The summed E-state index contributed by atoms with van der Waals surface area (Å²) in [6, 6.07) is 3.64. The molecule has 0 heterocycles. The molecule has 0 unspecified atom stereocenters. The molecular weight excluding hydrogens is 337 g/mol. The van der Waals surface area contributed by atoms with Crippen LogP contribution in [0, 0.1) is 0 Å². The third-order valence-electron chi connectivity index (χ3n) is 4.05. The van der Waals surface area contributed by atoms with Crippen molar-refractivity contribution in [3.05, 3.63) is 28.8 Å². The van der Waals surface area contributed by atoms with Crippen LogP contribution in [0.5, 0.6) is 5.75 Å². The molecule has 0 saturated carbocycles. The Balaban J connectivity index is 3.62. The Morgan fingerprint density at radius 2 is 1.36 bits per heavy atom. The maximum absolute atomic E-state index is 13.1. The van der Waals surface area contributed by atoms with Crippen LogP contribution in [0.25, 0.3) is 0 Å². The lowest BCUT2D eigenvalue weighted by Gasteiger charge is -2.30. The standard InChI is InChI=1S/C19H34NO4P/c1-9-23-25(22,24-10-2)17(20)13-11-14(18(3,4)5)16(21)15(12-13)19(6,7)8/h11-12,17,21H,9-10,20H2,1-8H3/t17-/m1/s1. The van der Waals surface area contributed by atoms with Crippen LogP contribution in [0.1, 0.15) is 77.9 Å². The summed E-state index contributed by atoms with van der Waals surface area (Å²) in [6.07, 6.45) is 0. The number of hydrogen-bond donors (Lipinski definition) is 2. The predicted molar refractivity (Wildman–Crippen MR) is 103 cm³/mol. The molecule has 5 nitrogen and oxygen atoms in total. The maximum Gasteiger partial charge on any atom is 0.351 e. The van der Waals surface area contributed by atoms with E-state index in [1.165, 1.54) is 0 Å². The third kappa shape index (κ3) is 5.07. The van der Waals surface area contributed by atoms with Gasteiger partial charge in [0.15, 0.2) is 0 Å². The van der Waals surface area contributed by atoms with Crippen molar-refractivity contribution >= 4 is 7.60 Å². The summed E-state index contributed by atoms with van der Waals surface area (Å²) in [4.78, 5) is 0. The summed E-state index contributed by atoms with van der Waals surface area (Å²) >= 11 is 0. The zero-order valence-corrected chi connectivity index (χ0v) is 17.7. The maximum atomic E-state index is 13.1. The van der Waals surface area contributed by atoms with E-state index in [0.717, 1.165) is 11.1 Å². The number of nitrogens with two attached hydrogens (primary N) is 1. The van der Waals surface area contributed by atoms with E-state index in [2.05, 4.69) is 0 Å². The van der Waals surface area contributed by atoms with E-state index in [0.29, 0.717) is 5.56 Å². The van der Waals surface area contributed by atoms with Gasteiger partial charge in [-0.3, -0.25) is 4.57 Å². The van der Waals surface area contributed by atoms with E-state index >= 15 is 0 Å². The molecule has 6 heteroatoms. The fourth-order valence-corrected chi connectivity index (χ4v) is 4.34. The number of rotatable bonds is 6. The van der Waals surface area contributed by atoms with Crippen molar-refractivity contribution < 1.29 is 18.7 Å². The van der Waals surface area contributed by atoms with Gasteiger partial charge in [-0.1, -0.05) is 41.5 Å². The van der Waals surface area contributed by atoms with Crippen LogP contribution in [-0.2, 0) is 24.4 Å². The Morgan fingerprint density at radius 3 is 1.64 bits per heavy atom. The first-order valence-electron chi connectivity index (χ1n) is 8.80. The van der Waals surface area contributed by atoms with Gasteiger partial charge in [-0.15, -0.1) is 0 Å². The van der Waals surface area contributed by atoms with Crippen molar-refractivity contribution in [1.82, 2.24) is 0 Å². The number of phenolic OH excluding ortho intramolecular Hbond substituents is 1. The predicted octanol–water partition coefficient (Wildman–Crippen LogP) is 5.21. The van der Waals surface area contributed by atoms with Gasteiger partial charge >= 0.3 is 7.60 Å². The summed E-state index contributed by atoms with van der Waals surface area (Å²) in [7, 11) is -3.50. The first-order chi connectivity index (χ1) is 11.3. The van der Waals surface area contributed by atoms with Crippen LogP contribution in [0.3, 0.4) is 0 Å². The van der Waals surface area contributed by atoms with Gasteiger partial charge in [0.05, 0.1) is 13.2 Å². The zero-order valence-electron chi connectivity index (χ0n) is 16.8. The quantitative estimate of drug-likeness (QED) is 0.671. The number of hydrogen-bond acceptors (Lipinski definition) is 5. The average molecular weight is 371 g/mol. The lowest BCUT2D eigenvalue weighted by molar-refractivity contribution is 0.212. The highest BCUT2D eigenvalue weighted by Gasteiger charge is 2.36. The van der Waals surface area contributed by atoms with Crippen molar-refractivity contribution in [2.24, 2.45) is 5.73 Å². The molecule has 144 valence electrons. The highest BCUT2D eigenvalue weighted by atomic mass is 31.2. The van der Waals surface area contributed by atoms with Gasteiger partial charge in [-0.05, 0) is 53.5 Å². The average Bonchev–Trinajstić information content (AvgIpc) is 2.44. The summed E-state index contributed by atoms with van der Waals surface area (Å²) in [6.45, 7) is 16.2. The van der Waals surface area contributed by atoms with E-state index in [9.17, 15) is 9.67 Å². The van der Waals surface area contributed by atoms with Crippen LogP contribution in [-0.4, -0.2) is 18.3 Å². The second kappa shape index (κ2) is 7.79. The molecule has 0 aliphatic heterocycles. The van der Waals surface area contributed by atoms with E-state index in [1.807, 2.05) is 53.7 Å². The molecule has 0 aliphatic carbocycles. The van der Waals surface area contributed by atoms with Crippen molar-refractivity contribution in [2.75, 3.05) is 13.2 Å². The van der Waals surface area contributed by atoms with Gasteiger partial charge in [0.25, 0.3) is 0 Å². The van der Waals surface area contributed by atoms with E-state index in [1.54, 1.807) is 13.8 Å². The fraction of sp³-hybridized carbons (Fsp3) is 0.684. The normalized spacial score (nSPS) is 14.6. The van der Waals surface area contributed by atoms with Crippen LogP contribution in [0.4, 0.5) is 0 Å². The van der Waals surface area contributed by atoms with E-state index < -0.39 is 13.4 Å². The molecule has 25 heavy (non-hydrogen) atoms. The highest BCUT2D eigenvalue weighted by molar-refractivity contribution is 7.54. The van der Waals surface area contributed by atoms with Gasteiger partial charge in [-0.25, -0.2) is 0 Å². The Morgan fingerprint density at radius 1 is 1.00 bits per heavy atom. The van der Waals surface area contributed by atoms with Gasteiger partial charge in [0, 0.05) is 0 Å². The van der Waals surface area contributed by atoms with Crippen molar-refractivity contribution in [3.8, 4) is 5.75 Å². The Kier molecular flexibility index (Phi) is 6.91. The van der Waals surface area contributed by atoms with Crippen LogP contribution >= 0.6 is 7.60 Å². The summed E-state index contributed by atoms with van der Waals surface area (Å²) in [5, 5.41) is 10.8. The Hall–Kier alpha value is -0.870. The molecule has 1 aromatic rings. The molecule has 0 saturated heterocycles. The Labute approximate surface area is 152 Å². The number of phenols is 1. The second-order valence-corrected chi connectivity index (χ2v) is 10.4. The number of benzene rings is 1. The fourth-order valence-electron chi connectivity index (χ4n) is 2.71. The van der Waals surface area contributed by atoms with Crippen LogP contribution in [0.2, 0.25) is 0 Å². The molecule has 0 radical (unpaired) electrons. The molecule has 0 spiro atoms. The minimum absolute atomic E-state index is 0.251. The SMILES string of the molecule is CCOP(=O)(OCC)[C@@H](N)c1cc(C(C)(C)C)c(O)c(C(C)(C)C)c1. The molecule has 1 rings (SSSR count). The summed E-state index contributed by atoms with van der Waals surface area (Å²) < 4.78 is 23.9. The molecule has 0 aromatic heterocycles. The molecule has 0 amide bonds. The zero-order chi connectivity index (χ0) is 19.6. The van der Waals surface area contributed by atoms with Crippen molar-refractivity contribution in [2.45, 2.75) is 72.0 Å². The van der Waals surface area contributed by atoms with Gasteiger partial charge in [0.2, 0.25) is 0 Å². The molecule has 0 bridgehead atoms. The number of aromatic hydroxyl groups is 1.